The van der Waals surface area contributed by atoms with Crippen LogP contribution in [0, 0.1) is 18.3 Å². The van der Waals surface area contributed by atoms with E-state index in [-0.39, 0.29) is 0 Å². The third kappa shape index (κ3) is 12.6. The van der Waals surface area contributed by atoms with Crippen molar-refractivity contribution in [2.24, 2.45) is 0 Å². The third-order valence-corrected chi connectivity index (χ3v) is 8.60. The fourth-order valence-electron chi connectivity index (χ4n) is 3.45. The quantitative estimate of drug-likeness (QED) is 0.129. The first kappa shape index (κ1) is 33.4. The first-order chi connectivity index (χ1) is 17.7. The Labute approximate surface area is 242 Å². The van der Waals surface area contributed by atoms with E-state index in [0.717, 1.165) is 42.8 Å². The first-order valence-corrected chi connectivity index (χ1v) is 20.0. The van der Waals surface area contributed by atoms with E-state index in [9.17, 15) is 0 Å². The van der Waals surface area contributed by atoms with Gasteiger partial charge in [0.2, 0.25) is 0 Å². The summed E-state index contributed by atoms with van der Waals surface area (Å²) in [6.45, 7) is 14.0. The summed E-state index contributed by atoms with van der Waals surface area (Å²) in [5, 5.41) is 13.0. The second-order valence-electron chi connectivity index (χ2n) is 9.04. The van der Waals surface area contributed by atoms with Gasteiger partial charge in [0.1, 0.15) is 12.7 Å². The van der Waals surface area contributed by atoms with Crippen LogP contribution < -0.4 is 13.5 Å². The van der Waals surface area contributed by atoms with Crippen molar-refractivity contribution in [1.29, 1.82) is 5.26 Å². The number of hydrogen-bond acceptors (Lipinski definition) is 4. The van der Waals surface area contributed by atoms with Crippen LogP contribution in [-0.4, -0.2) is 39.5 Å². The zero-order valence-electron chi connectivity index (χ0n) is 23.1. The summed E-state index contributed by atoms with van der Waals surface area (Å²) < 4.78 is 8.99. The van der Waals surface area contributed by atoms with E-state index in [0.29, 0.717) is 34.7 Å². The van der Waals surface area contributed by atoms with E-state index in [4.69, 9.17) is 33.2 Å². The Hall–Kier alpha value is -1.63. The van der Waals surface area contributed by atoms with Gasteiger partial charge in [-0.25, -0.2) is 0 Å². The maximum Gasteiger partial charge on any atom is 0.155 e. The fraction of sp³-hybridized carbons (Fsp3) is 0.433. The van der Waals surface area contributed by atoms with E-state index in [1.807, 2.05) is 19.1 Å². The van der Waals surface area contributed by atoms with Crippen LogP contribution in [0.25, 0.3) is 6.08 Å². The van der Waals surface area contributed by atoms with Crippen LogP contribution in [0.1, 0.15) is 68.2 Å². The number of nitrogens with zero attached hydrogens (tertiary/aromatic N) is 1. The monoisotopic (exact) mass is 651 g/mol. The number of alkyl halides is 1. The SMILES string of the molecule is C=C(CCC[NH][Sb]([CH3])[CH3])Nc1ccc(C)c(/C=C\C)c1.CCC(C)c1cc(Cl)c(OCCCl)c(C#N)c1. The summed E-state index contributed by atoms with van der Waals surface area (Å²) in [4.78, 5) is 4.70. The molecule has 0 bridgehead atoms. The number of nitrogens with one attached hydrogen (secondary N) is 2. The van der Waals surface area contributed by atoms with E-state index in [1.165, 1.54) is 11.1 Å². The van der Waals surface area contributed by atoms with Crippen molar-refractivity contribution in [1.82, 2.24) is 3.48 Å². The standard InChI is InChI=1S/C15H21N2.C13H15Cl2NO.2CH3.Sb/c1-4-6-14-11-15(9-8-12(14)2)17-13(3)7-5-10-16;1-3-9(2)10-6-11(8-16)13(12(15)7-10)17-5-4-14;;;/h4,6,8-9,11,16-17H,3,5,7,10H2,1-2H3;6-7,9H,3-5H2,1-2H3;2*1H3;/q-1;;;;+1/b6-4-;;;;. The maximum atomic E-state index is 9.10. The van der Waals surface area contributed by atoms with E-state index >= 15 is 0 Å². The van der Waals surface area contributed by atoms with E-state index < -0.39 is 20.5 Å². The summed E-state index contributed by atoms with van der Waals surface area (Å²) in [5.41, 5.74) is 6.32. The summed E-state index contributed by atoms with van der Waals surface area (Å²) in [5.74, 6) is 1.18. The topological polar surface area (TPSA) is 57.1 Å². The molecule has 0 aromatic heterocycles. The van der Waals surface area contributed by atoms with Gasteiger partial charge in [-0.05, 0) is 30.0 Å². The van der Waals surface area contributed by atoms with Crippen LogP contribution in [-0.2, 0) is 0 Å². The molecule has 0 saturated heterocycles. The van der Waals surface area contributed by atoms with Gasteiger partial charge in [0.25, 0.3) is 0 Å². The molecule has 0 aliphatic rings. The Morgan fingerprint density at radius 2 is 2.00 bits per heavy atom. The third-order valence-electron chi connectivity index (χ3n) is 5.72. The molecule has 0 amide bonds. The molecule has 202 valence electrons. The molecule has 0 spiro atoms. The molecule has 2 N–H and O–H groups in total. The molecule has 1 unspecified atom stereocenters. The van der Waals surface area contributed by atoms with Gasteiger partial charge in [-0.1, -0.05) is 25.4 Å². The minimum Gasteiger partial charge on any atom is -0.489 e. The molecule has 0 saturated carbocycles. The number of aryl methyl sites for hydroxylation is 1. The minimum atomic E-state index is -1.01. The zero-order chi connectivity index (χ0) is 27.8. The van der Waals surface area contributed by atoms with Crippen molar-refractivity contribution in [2.75, 3.05) is 24.3 Å². The molecule has 4 nitrogen and oxygen atoms in total. The van der Waals surface area contributed by atoms with Gasteiger partial charge in [0.15, 0.2) is 5.75 Å². The van der Waals surface area contributed by atoms with Crippen LogP contribution in [0.4, 0.5) is 5.69 Å². The number of rotatable bonds is 13. The second kappa shape index (κ2) is 18.6. The Kier molecular flexibility index (Phi) is 16.8. The Morgan fingerprint density at radius 3 is 2.59 bits per heavy atom. The summed E-state index contributed by atoms with van der Waals surface area (Å²) in [6.07, 6.45) is 7.39. The normalized spacial score (nSPS) is 11.6. The molecule has 1 atom stereocenters. The van der Waals surface area contributed by atoms with Crippen molar-refractivity contribution >= 4 is 55.5 Å². The van der Waals surface area contributed by atoms with E-state index in [1.54, 1.807) is 0 Å². The van der Waals surface area contributed by atoms with Gasteiger partial charge in [-0.2, -0.15) is 5.26 Å². The number of benzene rings is 2. The fourth-order valence-corrected chi connectivity index (χ4v) is 5.54. The van der Waals surface area contributed by atoms with E-state index in [2.05, 4.69) is 82.3 Å². The number of hydrogen-bond donors (Lipinski definition) is 2. The van der Waals surface area contributed by atoms with Gasteiger partial charge in [0, 0.05) is 0 Å². The van der Waals surface area contributed by atoms with Gasteiger partial charge in [-0.15, -0.1) is 11.6 Å². The van der Waals surface area contributed by atoms with Crippen molar-refractivity contribution in [3.63, 3.8) is 0 Å². The van der Waals surface area contributed by atoms with Crippen LogP contribution in [0.2, 0.25) is 14.8 Å². The predicted molar refractivity (Wildman–Crippen MR) is 164 cm³/mol. The van der Waals surface area contributed by atoms with Gasteiger partial charge >= 0.3 is 132 Å². The Bertz CT molecular complexity index is 1060. The van der Waals surface area contributed by atoms with Crippen molar-refractivity contribution in [2.45, 2.75) is 62.6 Å². The smallest absolute Gasteiger partial charge is 0.155 e. The molecule has 0 radical (unpaired) electrons. The van der Waals surface area contributed by atoms with Gasteiger partial charge < -0.3 is 4.74 Å². The molecular weight excluding hydrogens is 611 g/mol. The number of allylic oxidation sites excluding steroid dienone is 2. The Balaban J connectivity index is 0.000000375. The molecule has 0 heterocycles. The average Bonchev–Trinajstić information content (AvgIpc) is 2.87. The minimum absolute atomic E-state index is 0.346. The predicted octanol–water partition coefficient (Wildman–Crippen LogP) is 8.92. The zero-order valence-corrected chi connectivity index (χ0v) is 27.2. The number of ether oxygens (including phenoxy) is 1. The van der Waals surface area contributed by atoms with Gasteiger partial charge in [-0.3, -0.25) is 0 Å². The molecule has 37 heavy (non-hydrogen) atoms. The number of anilines is 1. The van der Waals surface area contributed by atoms with Crippen molar-refractivity contribution in [3.05, 3.63) is 76.0 Å². The summed E-state index contributed by atoms with van der Waals surface area (Å²) >= 11 is 10.7. The number of halogens is 2. The van der Waals surface area contributed by atoms with Crippen molar-refractivity contribution in [3.8, 4) is 11.8 Å². The second-order valence-corrected chi connectivity index (χ2v) is 15.8. The first-order valence-electron chi connectivity index (χ1n) is 12.7. The van der Waals surface area contributed by atoms with Crippen LogP contribution >= 0.6 is 23.2 Å². The molecule has 2 aromatic rings. The van der Waals surface area contributed by atoms with Crippen LogP contribution in [0.15, 0.2) is 48.7 Å². The number of nitriles is 1. The Morgan fingerprint density at radius 1 is 1.27 bits per heavy atom. The van der Waals surface area contributed by atoms with Crippen molar-refractivity contribution < 1.29 is 4.74 Å². The average molecular weight is 653 g/mol. The molecule has 2 aromatic carbocycles. The summed E-state index contributed by atoms with van der Waals surface area (Å²) in [6, 6.07) is 12.3. The van der Waals surface area contributed by atoms with Gasteiger partial charge in [0.05, 0.1) is 16.5 Å². The molecule has 7 heteroatoms. The molecule has 0 aliphatic heterocycles. The summed E-state index contributed by atoms with van der Waals surface area (Å²) in [7, 11) is 0. The molecule has 0 aliphatic carbocycles. The maximum absolute atomic E-state index is 9.10. The molecular formula is C30H42Cl2N3OSb. The van der Waals surface area contributed by atoms with Crippen LogP contribution in [0.5, 0.6) is 5.75 Å². The van der Waals surface area contributed by atoms with Crippen LogP contribution in [0.3, 0.4) is 0 Å². The molecule has 0 fully saturated rings. The molecule has 2 rings (SSSR count). The largest absolute Gasteiger partial charge is 0.489 e.